The van der Waals surface area contributed by atoms with Gasteiger partial charge in [0.1, 0.15) is 0 Å². The highest BCUT2D eigenvalue weighted by atomic mass is 15.2. The van der Waals surface area contributed by atoms with Crippen molar-refractivity contribution in [3.05, 3.63) is 0 Å². The minimum atomic E-state index is 0.794. The molecule has 1 saturated carbocycles. The Kier molecular flexibility index (Phi) is 3.42. The molecule has 2 fully saturated rings. The minimum Gasteiger partial charge on any atom is -0.329 e. The Labute approximate surface area is 87.2 Å². The average molecular weight is 197 g/mol. The van der Waals surface area contributed by atoms with Crippen molar-refractivity contribution in [2.24, 2.45) is 5.73 Å². The van der Waals surface area contributed by atoms with Crippen LogP contribution in [0.15, 0.2) is 0 Å². The third-order valence-corrected chi connectivity index (χ3v) is 3.62. The lowest BCUT2D eigenvalue weighted by atomic mass is 10.0. The van der Waals surface area contributed by atoms with Gasteiger partial charge in [-0.25, -0.2) is 0 Å². The molecule has 2 aliphatic rings. The molecule has 2 rings (SSSR count). The number of hydrogen-bond acceptors (Lipinski definition) is 3. The average Bonchev–Trinajstić information content (AvgIpc) is 3.01. The van der Waals surface area contributed by atoms with E-state index in [1.807, 2.05) is 0 Å². The van der Waals surface area contributed by atoms with Gasteiger partial charge < -0.3 is 10.6 Å². The van der Waals surface area contributed by atoms with E-state index in [-0.39, 0.29) is 0 Å². The maximum atomic E-state index is 5.60. The smallest absolute Gasteiger partial charge is 0.0223 e. The second kappa shape index (κ2) is 4.60. The molecule has 82 valence electrons. The van der Waals surface area contributed by atoms with E-state index in [1.54, 1.807) is 0 Å². The van der Waals surface area contributed by atoms with Gasteiger partial charge in [0.25, 0.3) is 0 Å². The van der Waals surface area contributed by atoms with Gasteiger partial charge in [-0.1, -0.05) is 0 Å². The first-order chi connectivity index (χ1) is 6.81. The van der Waals surface area contributed by atoms with Gasteiger partial charge in [0.2, 0.25) is 0 Å². The van der Waals surface area contributed by atoms with Crippen LogP contribution in [0.3, 0.4) is 0 Å². The van der Waals surface area contributed by atoms with Gasteiger partial charge >= 0.3 is 0 Å². The van der Waals surface area contributed by atoms with Crippen LogP contribution in [-0.2, 0) is 0 Å². The number of nitrogens with zero attached hydrogens (tertiary/aromatic N) is 2. The Morgan fingerprint density at radius 1 is 1.29 bits per heavy atom. The van der Waals surface area contributed by atoms with Gasteiger partial charge in [-0.3, -0.25) is 4.90 Å². The topological polar surface area (TPSA) is 32.5 Å². The first-order valence-corrected chi connectivity index (χ1v) is 5.95. The van der Waals surface area contributed by atoms with E-state index in [0.29, 0.717) is 0 Å². The molecule has 1 saturated heterocycles. The highest BCUT2D eigenvalue weighted by molar-refractivity contribution is 4.89. The third kappa shape index (κ3) is 2.47. The molecule has 1 aliphatic carbocycles. The fourth-order valence-corrected chi connectivity index (χ4v) is 2.53. The van der Waals surface area contributed by atoms with Crippen LogP contribution >= 0.6 is 0 Å². The maximum Gasteiger partial charge on any atom is 0.0223 e. The van der Waals surface area contributed by atoms with Crippen molar-refractivity contribution < 1.29 is 0 Å². The van der Waals surface area contributed by atoms with Gasteiger partial charge in [0.15, 0.2) is 0 Å². The zero-order valence-electron chi connectivity index (χ0n) is 9.28. The zero-order valence-corrected chi connectivity index (χ0v) is 9.28. The largest absolute Gasteiger partial charge is 0.329 e. The van der Waals surface area contributed by atoms with Crippen LogP contribution in [0.25, 0.3) is 0 Å². The number of rotatable bonds is 4. The summed E-state index contributed by atoms with van der Waals surface area (Å²) in [6.45, 7) is 4.38. The molecule has 0 spiro atoms. The lowest BCUT2D eigenvalue weighted by molar-refractivity contribution is 0.113. The van der Waals surface area contributed by atoms with Crippen molar-refractivity contribution in [3.63, 3.8) is 0 Å². The van der Waals surface area contributed by atoms with Crippen molar-refractivity contribution in [2.75, 3.05) is 33.2 Å². The minimum absolute atomic E-state index is 0.794. The standard InChI is InChI=1S/C11H23N3/c1-13(10-4-5-10)11-3-2-7-14(9-11)8-6-12/h10-11H,2-9,12H2,1H3. The van der Waals surface area contributed by atoms with Crippen molar-refractivity contribution in [2.45, 2.75) is 37.8 Å². The summed E-state index contributed by atoms with van der Waals surface area (Å²) >= 11 is 0. The van der Waals surface area contributed by atoms with Crippen molar-refractivity contribution in [1.29, 1.82) is 0 Å². The first-order valence-electron chi connectivity index (χ1n) is 5.95. The van der Waals surface area contributed by atoms with Crippen molar-refractivity contribution >= 4 is 0 Å². The molecule has 1 heterocycles. The summed E-state index contributed by atoms with van der Waals surface area (Å²) in [5, 5.41) is 0. The summed E-state index contributed by atoms with van der Waals surface area (Å²) in [4.78, 5) is 5.12. The van der Waals surface area contributed by atoms with Gasteiger partial charge in [0, 0.05) is 31.7 Å². The van der Waals surface area contributed by atoms with Crippen LogP contribution in [-0.4, -0.2) is 55.1 Å². The van der Waals surface area contributed by atoms with Crippen LogP contribution in [0.5, 0.6) is 0 Å². The highest BCUT2D eigenvalue weighted by Gasteiger charge is 2.32. The molecular weight excluding hydrogens is 174 g/mol. The fourth-order valence-electron chi connectivity index (χ4n) is 2.53. The summed E-state index contributed by atoms with van der Waals surface area (Å²) in [6.07, 6.45) is 5.57. The predicted molar refractivity (Wildman–Crippen MR) is 59.3 cm³/mol. The molecule has 1 aliphatic heterocycles. The van der Waals surface area contributed by atoms with Gasteiger partial charge in [-0.2, -0.15) is 0 Å². The molecule has 1 atom stereocenters. The number of likely N-dealkylation sites (N-methyl/N-ethyl adjacent to an activating group) is 1. The molecule has 0 bridgehead atoms. The number of likely N-dealkylation sites (tertiary alicyclic amines) is 1. The molecule has 0 aromatic carbocycles. The molecular formula is C11H23N3. The Balaban J connectivity index is 1.80. The predicted octanol–water partition coefficient (Wildman–Crippen LogP) is 0.504. The lowest BCUT2D eigenvalue weighted by Gasteiger charge is -2.37. The van der Waals surface area contributed by atoms with Gasteiger partial charge in [-0.15, -0.1) is 0 Å². The zero-order chi connectivity index (χ0) is 9.97. The van der Waals surface area contributed by atoms with Crippen LogP contribution in [0.2, 0.25) is 0 Å². The van der Waals surface area contributed by atoms with Crippen molar-refractivity contribution in [3.8, 4) is 0 Å². The molecule has 3 nitrogen and oxygen atoms in total. The molecule has 0 amide bonds. The Morgan fingerprint density at radius 3 is 2.71 bits per heavy atom. The fraction of sp³-hybridized carbons (Fsp3) is 1.00. The van der Waals surface area contributed by atoms with E-state index >= 15 is 0 Å². The quantitative estimate of drug-likeness (QED) is 0.712. The summed E-state index contributed by atoms with van der Waals surface area (Å²) in [7, 11) is 2.30. The Bertz CT molecular complexity index is 177. The molecule has 1 unspecified atom stereocenters. The van der Waals surface area contributed by atoms with Crippen LogP contribution in [0.1, 0.15) is 25.7 Å². The van der Waals surface area contributed by atoms with Crippen LogP contribution < -0.4 is 5.73 Å². The normalized spacial score (nSPS) is 29.8. The van der Waals surface area contributed by atoms with Crippen molar-refractivity contribution in [1.82, 2.24) is 9.80 Å². The van der Waals surface area contributed by atoms with Crippen LogP contribution in [0, 0.1) is 0 Å². The number of piperidine rings is 1. The molecule has 2 N–H and O–H groups in total. The van der Waals surface area contributed by atoms with Gasteiger partial charge in [0.05, 0.1) is 0 Å². The van der Waals surface area contributed by atoms with E-state index in [9.17, 15) is 0 Å². The Morgan fingerprint density at radius 2 is 2.07 bits per heavy atom. The van der Waals surface area contributed by atoms with E-state index in [1.165, 1.54) is 38.8 Å². The maximum absolute atomic E-state index is 5.60. The lowest BCUT2D eigenvalue weighted by Crippen LogP contribution is -2.48. The molecule has 0 aromatic heterocycles. The first kappa shape index (κ1) is 10.4. The van der Waals surface area contributed by atoms with E-state index in [0.717, 1.165) is 25.2 Å². The number of hydrogen-bond donors (Lipinski definition) is 1. The van der Waals surface area contributed by atoms with E-state index in [2.05, 4.69) is 16.8 Å². The highest BCUT2D eigenvalue weighted by Crippen LogP contribution is 2.29. The van der Waals surface area contributed by atoms with Crippen LogP contribution in [0.4, 0.5) is 0 Å². The second-order valence-electron chi connectivity index (χ2n) is 4.78. The monoisotopic (exact) mass is 197 g/mol. The third-order valence-electron chi connectivity index (χ3n) is 3.62. The Hall–Kier alpha value is -0.120. The second-order valence-corrected chi connectivity index (χ2v) is 4.78. The summed E-state index contributed by atoms with van der Waals surface area (Å²) in [5.74, 6) is 0. The van der Waals surface area contributed by atoms with E-state index < -0.39 is 0 Å². The summed E-state index contributed by atoms with van der Waals surface area (Å²) in [6, 6.07) is 1.70. The molecule has 0 radical (unpaired) electrons. The van der Waals surface area contributed by atoms with Gasteiger partial charge in [-0.05, 0) is 39.3 Å². The summed E-state index contributed by atoms with van der Waals surface area (Å²) < 4.78 is 0. The molecule has 3 heteroatoms. The number of nitrogens with two attached hydrogens (primary N) is 1. The molecule has 14 heavy (non-hydrogen) atoms. The molecule has 0 aromatic rings. The van der Waals surface area contributed by atoms with E-state index in [4.69, 9.17) is 5.73 Å². The SMILES string of the molecule is CN(C1CC1)C1CCCN(CCN)C1. The summed E-state index contributed by atoms with van der Waals surface area (Å²) in [5.41, 5.74) is 5.60.